The van der Waals surface area contributed by atoms with Gasteiger partial charge < -0.3 is 4.74 Å². The number of ether oxygens (including phenoxy) is 1. The van der Waals surface area contributed by atoms with Crippen molar-refractivity contribution in [1.82, 2.24) is 15.0 Å². The molecule has 4 nitrogen and oxygen atoms in total. The van der Waals surface area contributed by atoms with E-state index in [1.54, 1.807) is 0 Å². The van der Waals surface area contributed by atoms with Crippen LogP contribution in [0.3, 0.4) is 0 Å². The number of rotatable bonds is 6. The van der Waals surface area contributed by atoms with Crippen LogP contribution in [0.4, 0.5) is 0 Å². The summed E-state index contributed by atoms with van der Waals surface area (Å²) in [6.07, 6.45) is 2.76. The molecule has 0 N–H and O–H groups in total. The van der Waals surface area contributed by atoms with Gasteiger partial charge in [0.1, 0.15) is 0 Å². The highest BCUT2D eigenvalue weighted by atomic mass is 16.5. The SMILES string of the molecule is Cc1cc(C)c(-n2cc(CCOCc3ccccc3)nn2)c(C)c1. The standard InChI is InChI=1S/C20H23N3O/c1-15-11-16(2)20(17(3)12-15)23-13-19(21-22-23)9-10-24-14-18-7-5-4-6-8-18/h4-8,11-13H,9-10,14H2,1-3H3. The molecule has 3 rings (SSSR count). The van der Waals surface area contributed by atoms with Gasteiger partial charge in [-0.3, -0.25) is 0 Å². The second-order valence-electron chi connectivity index (χ2n) is 6.19. The minimum absolute atomic E-state index is 0.630. The number of nitrogens with zero attached hydrogens (tertiary/aromatic N) is 3. The molecule has 0 fully saturated rings. The Balaban J connectivity index is 1.60. The third-order valence-electron chi connectivity index (χ3n) is 4.02. The average Bonchev–Trinajstić information content (AvgIpc) is 3.00. The third-order valence-corrected chi connectivity index (χ3v) is 4.02. The lowest BCUT2D eigenvalue weighted by Gasteiger charge is -2.10. The molecule has 0 saturated heterocycles. The van der Waals surface area contributed by atoms with Gasteiger partial charge in [-0.25, -0.2) is 4.68 Å². The van der Waals surface area contributed by atoms with E-state index in [0.29, 0.717) is 13.2 Å². The van der Waals surface area contributed by atoms with Crippen molar-refractivity contribution in [3.63, 3.8) is 0 Å². The Morgan fingerprint density at radius 2 is 1.71 bits per heavy atom. The van der Waals surface area contributed by atoms with E-state index < -0.39 is 0 Å². The van der Waals surface area contributed by atoms with Crippen molar-refractivity contribution in [2.75, 3.05) is 6.61 Å². The molecule has 3 aromatic rings. The summed E-state index contributed by atoms with van der Waals surface area (Å²) in [6, 6.07) is 14.5. The predicted molar refractivity (Wildman–Crippen MR) is 95.4 cm³/mol. The fraction of sp³-hybridized carbons (Fsp3) is 0.300. The number of hydrogen-bond acceptors (Lipinski definition) is 3. The van der Waals surface area contributed by atoms with Crippen LogP contribution in [0.1, 0.15) is 27.9 Å². The first-order valence-corrected chi connectivity index (χ1v) is 8.24. The number of aryl methyl sites for hydroxylation is 3. The minimum atomic E-state index is 0.630. The first-order chi connectivity index (χ1) is 11.6. The Bertz CT molecular complexity index is 786. The molecule has 1 heterocycles. The molecule has 2 aromatic carbocycles. The predicted octanol–water partition coefficient (Wildman–Crippen LogP) is 3.95. The number of benzene rings is 2. The lowest BCUT2D eigenvalue weighted by Crippen LogP contribution is -2.01. The van der Waals surface area contributed by atoms with Gasteiger partial charge in [0, 0.05) is 6.42 Å². The van der Waals surface area contributed by atoms with E-state index in [9.17, 15) is 0 Å². The molecule has 0 bridgehead atoms. The topological polar surface area (TPSA) is 39.9 Å². The fourth-order valence-electron chi connectivity index (χ4n) is 3.00. The summed E-state index contributed by atoms with van der Waals surface area (Å²) in [7, 11) is 0. The first-order valence-electron chi connectivity index (χ1n) is 8.24. The van der Waals surface area contributed by atoms with Gasteiger partial charge in [0.15, 0.2) is 0 Å². The normalized spacial score (nSPS) is 11.0. The lowest BCUT2D eigenvalue weighted by molar-refractivity contribution is 0.123. The Morgan fingerprint density at radius 1 is 1.00 bits per heavy atom. The van der Waals surface area contributed by atoms with Crippen LogP contribution in [0.5, 0.6) is 0 Å². The zero-order chi connectivity index (χ0) is 16.9. The molecule has 0 amide bonds. The van der Waals surface area contributed by atoms with E-state index in [1.807, 2.05) is 29.1 Å². The summed E-state index contributed by atoms with van der Waals surface area (Å²) in [5, 5.41) is 8.56. The highest BCUT2D eigenvalue weighted by Gasteiger charge is 2.09. The summed E-state index contributed by atoms with van der Waals surface area (Å²) < 4.78 is 7.60. The molecule has 0 aliphatic heterocycles. The lowest BCUT2D eigenvalue weighted by atomic mass is 10.1. The van der Waals surface area contributed by atoms with Crippen molar-refractivity contribution in [3.8, 4) is 5.69 Å². The molecule has 0 saturated carbocycles. The van der Waals surface area contributed by atoms with Crippen LogP contribution in [0.25, 0.3) is 5.69 Å². The molecular formula is C20H23N3O. The second kappa shape index (κ2) is 7.41. The van der Waals surface area contributed by atoms with Crippen molar-refractivity contribution >= 4 is 0 Å². The second-order valence-corrected chi connectivity index (χ2v) is 6.19. The van der Waals surface area contributed by atoms with E-state index in [1.165, 1.54) is 22.3 Å². The van der Waals surface area contributed by atoms with Gasteiger partial charge in [-0.05, 0) is 37.5 Å². The molecule has 1 aromatic heterocycles. The molecule has 124 valence electrons. The van der Waals surface area contributed by atoms with Gasteiger partial charge in [-0.2, -0.15) is 0 Å². The van der Waals surface area contributed by atoms with Crippen LogP contribution < -0.4 is 0 Å². The monoisotopic (exact) mass is 321 g/mol. The zero-order valence-corrected chi connectivity index (χ0v) is 14.5. The van der Waals surface area contributed by atoms with Crippen LogP contribution in [0, 0.1) is 20.8 Å². The van der Waals surface area contributed by atoms with E-state index >= 15 is 0 Å². The third kappa shape index (κ3) is 3.89. The largest absolute Gasteiger partial charge is 0.376 e. The molecule has 0 radical (unpaired) electrons. The van der Waals surface area contributed by atoms with Gasteiger partial charge in [0.25, 0.3) is 0 Å². The summed E-state index contributed by atoms with van der Waals surface area (Å²) in [5.41, 5.74) is 6.94. The van der Waals surface area contributed by atoms with Gasteiger partial charge in [0.05, 0.1) is 30.8 Å². The van der Waals surface area contributed by atoms with E-state index in [4.69, 9.17) is 4.74 Å². The van der Waals surface area contributed by atoms with Gasteiger partial charge in [0.2, 0.25) is 0 Å². The smallest absolute Gasteiger partial charge is 0.0854 e. The molecule has 0 spiro atoms. The van der Waals surface area contributed by atoms with E-state index in [2.05, 4.69) is 55.3 Å². The average molecular weight is 321 g/mol. The molecule has 0 aliphatic carbocycles. The fourth-order valence-corrected chi connectivity index (χ4v) is 3.00. The summed E-state index contributed by atoms with van der Waals surface area (Å²) in [6.45, 7) is 7.60. The van der Waals surface area contributed by atoms with Crippen molar-refractivity contribution in [3.05, 3.63) is 76.6 Å². The van der Waals surface area contributed by atoms with Gasteiger partial charge >= 0.3 is 0 Å². The van der Waals surface area contributed by atoms with Gasteiger partial charge in [-0.1, -0.05) is 53.2 Å². The summed E-state index contributed by atoms with van der Waals surface area (Å²) in [4.78, 5) is 0. The summed E-state index contributed by atoms with van der Waals surface area (Å²) in [5.74, 6) is 0. The van der Waals surface area contributed by atoms with E-state index in [-0.39, 0.29) is 0 Å². The highest BCUT2D eigenvalue weighted by Crippen LogP contribution is 2.20. The van der Waals surface area contributed by atoms with Crippen LogP contribution in [0.2, 0.25) is 0 Å². The quantitative estimate of drug-likeness (QED) is 0.645. The van der Waals surface area contributed by atoms with Crippen LogP contribution in [-0.4, -0.2) is 21.6 Å². The molecule has 4 heteroatoms. The maximum atomic E-state index is 5.72. The molecular weight excluding hydrogens is 298 g/mol. The van der Waals surface area contributed by atoms with Crippen LogP contribution in [-0.2, 0) is 17.8 Å². The van der Waals surface area contributed by atoms with Crippen molar-refractivity contribution in [2.24, 2.45) is 0 Å². The Morgan fingerprint density at radius 3 is 2.42 bits per heavy atom. The molecule has 0 unspecified atom stereocenters. The maximum Gasteiger partial charge on any atom is 0.0854 e. The Kier molecular flexibility index (Phi) is 5.06. The molecule has 0 atom stereocenters. The first kappa shape index (κ1) is 16.4. The Labute approximate surface area is 143 Å². The van der Waals surface area contributed by atoms with Crippen LogP contribution >= 0.6 is 0 Å². The van der Waals surface area contributed by atoms with Gasteiger partial charge in [-0.15, -0.1) is 5.10 Å². The zero-order valence-electron chi connectivity index (χ0n) is 14.5. The van der Waals surface area contributed by atoms with E-state index in [0.717, 1.165) is 17.8 Å². The molecule has 24 heavy (non-hydrogen) atoms. The van der Waals surface area contributed by atoms with Crippen molar-refractivity contribution < 1.29 is 4.74 Å². The Hall–Kier alpha value is -2.46. The summed E-state index contributed by atoms with van der Waals surface area (Å²) >= 11 is 0. The van der Waals surface area contributed by atoms with Crippen molar-refractivity contribution in [2.45, 2.75) is 33.8 Å². The van der Waals surface area contributed by atoms with Crippen LogP contribution in [0.15, 0.2) is 48.7 Å². The number of aromatic nitrogens is 3. The minimum Gasteiger partial charge on any atom is -0.376 e. The van der Waals surface area contributed by atoms with Crippen molar-refractivity contribution in [1.29, 1.82) is 0 Å². The maximum absolute atomic E-state index is 5.72. The number of hydrogen-bond donors (Lipinski definition) is 0. The highest BCUT2D eigenvalue weighted by molar-refractivity contribution is 5.48. The molecule has 0 aliphatic rings.